The second kappa shape index (κ2) is 4.81. The Kier molecular flexibility index (Phi) is 2.99. The second-order valence-electron chi connectivity index (χ2n) is 4.72. The molecule has 100 valence electrons. The molecule has 0 aliphatic rings. The highest BCUT2D eigenvalue weighted by atomic mass is 19.1. The van der Waals surface area contributed by atoms with Crippen LogP contribution in [0.5, 0.6) is 0 Å². The van der Waals surface area contributed by atoms with Crippen LogP contribution in [0, 0.1) is 12.7 Å². The van der Waals surface area contributed by atoms with Crippen molar-refractivity contribution in [1.82, 2.24) is 4.98 Å². The third-order valence-corrected chi connectivity index (χ3v) is 3.24. The summed E-state index contributed by atoms with van der Waals surface area (Å²) in [6.45, 7) is 1.93. The number of hydrogen-bond acceptors (Lipinski definition) is 3. The zero-order valence-electron chi connectivity index (χ0n) is 11.0. The van der Waals surface area contributed by atoms with Crippen molar-refractivity contribution in [2.75, 3.05) is 11.1 Å². The smallest absolute Gasteiger partial charge is 0.125 e. The lowest BCUT2D eigenvalue weighted by molar-refractivity contribution is 0.628. The number of nitrogen functional groups attached to an aromatic ring is 1. The van der Waals surface area contributed by atoms with Gasteiger partial charge in [-0.25, -0.2) is 4.39 Å². The van der Waals surface area contributed by atoms with Gasteiger partial charge in [-0.1, -0.05) is 6.07 Å². The summed E-state index contributed by atoms with van der Waals surface area (Å²) >= 11 is 0. The van der Waals surface area contributed by atoms with Crippen LogP contribution >= 0.6 is 0 Å². The lowest BCUT2D eigenvalue weighted by Gasteiger charge is -2.12. The van der Waals surface area contributed by atoms with Crippen molar-refractivity contribution in [2.45, 2.75) is 6.92 Å². The maximum Gasteiger partial charge on any atom is 0.125 e. The van der Waals surface area contributed by atoms with Crippen LogP contribution in [-0.2, 0) is 0 Å². The zero-order chi connectivity index (χ0) is 14.1. The summed E-state index contributed by atoms with van der Waals surface area (Å²) in [5.41, 5.74) is 9.84. The molecule has 0 atom stereocenters. The van der Waals surface area contributed by atoms with Crippen molar-refractivity contribution >= 4 is 28.0 Å². The van der Waals surface area contributed by atoms with Gasteiger partial charge in [0, 0.05) is 28.6 Å². The van der Waals surface area contributed by atoms with Crippen LogP contribution < -0.4 is 11.1 Å². The molecule has 1 aromatic heterocycles. The quantitative estimate of drug-likeness (QED) is 0.690. The van der Waals surface area contributed by atoms with E-state index < -0.39 is 0 Å². The molecule has 4 heteroatoms. The first kappa shape index (κ1) is 12.4. The van der Waals surface area contributed by atoms with Crippen LogP contribution in [-0.4, -0.2) is 4.98 Å². The molecule has 0 amide bonds. The van der Waals surface area contributed by atoms with E-state index in [1.165, 1.54) is 12.1 Å². The second-order valence-corrected chi connectivity index (χ2v) is 4.72. The topological polar surface area (TPSA) is 50.9 Å². The molecule has 3 aromatic rings. The molecular formula is C16H14FN3. The Labute approximate surface area is 116 Å². The van der Waals surface area contributed by atoms with E-state index in [9.17, 15) is 4.39 Å². The Morgan fingerprint density at radius 1 is 1.05 bits per heavy atom. The molecule has 0 unspecified atom stereocenters. The van der Waals surface area contributed by atoms with Gasteiger partial charge in [0.25, 0.3) is 0 Å². The minimum absolute atomic E-state index is 0.263. The summed E-state index contributed by atoms with van der Waals surface area (Å²) in [6.07, 6.45) is 1.71. The number of halogens is 1. The van der Waals surface area contributed by atoms with Gasteiger partial charge < -0.3 is 11.1 Å². The Balaban J connectivity index is 2.09. The summed E-state index contributed by atoms with van der Waals surface area (Å²) in [5.74, 6) is -0.263. The first-order valence-electron chi connectivity index (χ1n) is 6.31. The van der Waals surface area contributed by atoms with E-state index in [0.29, 0.717) is 5.69 Å². The summed E-state index contributed by atoms with van der Waals surface area (Å²) in [5, 5.41) is 4.20. The number of nitrogens with zero attached hydrogens (tertiary/aromatic N) is 1. The Hall–Kier alpha value is -2.62. The monoisotopic (exact) mass is 267 g/mol. The summed E-state index contributed by atoms with van der Waals surface area (Å²) in [6, 6.07) is 12.1. The number of hydrogen-bond donors (Lipinski definition) is 2. The first-order valence-corrected chi connectivity index (χ1v) is 6.31. The van der Waals surface area contributed by atoms with Crippen molar-refractivity contribution in [2.24, 2.45) is 0 Å². The van der Waals surface area contributed by atoms with Gasteiger partial charge in [0.2, 0.25) is 0 Å². The van der Waals surface area contributed by atoms with Crippen molar-refractivity contribution in [3.8, 4) is 0 Å². The van der Waals surface area contributed by atoms with Crippen LogP contribution in [0.4, 0.5) is 21.5 Å². The Morgan fingerprint density at radius 3 is 2.75 bits per heavy atom. The highest BCUT2D eigenvalue weighted by molar-refractivity contribution is 5.94. The van der Waals surface area contributed by atoms with Gasteiger partial charge in [0.15, 0.2) is 0 Å². The lowest BCUT2D eigenvalue weighted by atomic mass is 10.1. The van der Waals surface area contributed by atoms with Crippen LogP contribution in [0.15, 0.2) is 48.7 Å². The molecule has 0 aliphatic heterocycles. The van der Waals surface area contributed by atoms with E-state index in [1.54, 1.807) is 12.3 Å². The number of aromatic nitrogens is 1. The van der Waals surface area contributed by atoms with Gasteiger partial charge in [0.1, 0.15) is 5.82 Å². The summed E-state index contributed by atoms with van der Waals surface area (Å²) < 4.78 is 13.3. The largest absolute Gasteiger partial charge is 0.399 e. The molecule has 3 rings (SSSR count). The number of anilines is 3. The van der Waals surface area contributed by atoms with Crippen molar-refractivity contribution in [3.63, 3.8) is 0 Å². The minimum Gasteiger partial charge on any atom is -0.399 e. The van der Waals surface area contributed by atoms with E-state index >= 15 is 0 Å². The summed E-state index contributed by atoms with van der Waals surface area (Å²) in [7, 11) is 0. The third kappa shape index (κ3) is 2.28. The van der Waals surface area contributed by atoms with Crippen molar-refractivity contribution < 1.29 is 4.39 Å². The maximum absolute atomic E-state index is 13.3. The van der Waals surface area contributed by atoms with Gasteiger partial charge in [-0.2, -0.15) is 0 Å². The maximum atomic E-state index is 13.3. The Bertz CT molecular complexity index is 784. The SMILES string of the molecule is Cc1ccc(F)cc1Nc1ccnc2cc(N)ccc12. The molecule has 0 spiro atoms. The molecule has 0 saturated heterocycles. The predicted molar refractivity (Wildman–Crippen MR) is 80.6 cm³/mol. The van der Waals surface area contributed by atoms with E-state index in [1.807, 2.05) is 31.2 Å². The van der Waals surface area contributed by atoms with Gasteiger partial charge in [-0.3, -0.25) is 4.98 Å². The highest BCUT2D eigenvalue weighted by Gasteiger charge is 2.05. The summed E-state index contributed by atoms with van der Waals surface area (Å²) in [4.78, 5) is 4.29. The number of aryl methyl sites for hydroxylation is 1. The zero-order valence-corrected chi connectivity index (χ0v) is 11.0. The van der Waals surface area contributed by atoms with Gasteiger partial charge in [0.05, 0.1) is 5.52 Å². The fourth-order valence-electron chi connectivity index (χ4n) is 2.15. The number of pyridine rings is 1. The van der Waals surface area contributed by atoms with Crippen LogP contribution in [0.25, 0.3) is 10.9 Å². The molecule has 1 heterocycles. The van der Waals surface area contributed by atoms with Gasteiger partial charge in [-0.05, 0) is 48.9 Å². The van der Waals surface area contributed by atoms with Crippen LogP contribution in [0.1, 0.15) is 5.56 Å². The molecule has 3 N–H and O–H groups in total. The number of nitrogens with one attached hydrogen (secondary N) is 1. The molecule has 3 nitrogen and oxygen atoms in total. The van der Waals surface area contributed by atoms with E-state index in [2.05, 4.69) is 10.3 Å². The van der Waals surface area contributed by atoms with Crippen molar-refractivity contribution in [1.29, 1.82) is 0 Å². The minimum atomic E-state index is -0.263. The molecular weight excluding hydrogens is 253 g/mol. The molecule has 0 fully saturated rings. The average Bonchev–Trinajstić information content (AvgIpc) is 2.43. The van der Waals surface area contributed by atoms with E-state index in [4.69, 9.17) is 5.73 Å². The fraction of sp³-hybridized carbons (Fsp3) is 0.0625. The number of benzene rings is 2. The van der Waals surface area contributed by atoms with Gasteiger partial charge in [-0.15, -0.1) is 0 Å². The Morgan fingerprint density at radius 2 is 1.90 bits per heavy atom. The molecule has 0 saturated carbocycles. The third-order valence-electron chi connectivity index (χ3n) is 3.24. The van der Waals surface area contributed by atoms with E-state index in [-0.39, 0.29) is 5.82 Å². The number of fused-ring (bicyclic) bond motifs is 1. The normalized spacial score (nSPS) is 10.7. The number of nitrogens with two attached hydrogens (primary N) is 1. The van der Waals surface area contributed by atoms with Crippen molar-refractivity contribution in [3.05, 3.63) is 60.0 Å². The highest BCUT2D eigenvalue weighted by Crippen LogP contribution is 2.28. The molecule has 0 bridgehead atoms. The van der Waals surface area contributed by atoms with Crippen LogP contribution in [0.3, 0.4) is 0 Å². The standard InChI is InChI=1S/C16H14FN3/c1-10-2-3-11(17)8-15(10)20-14-6-7-19-16-9-12(18)4-5-13(14)16/h2-9H,18H2,1H3,(H,19,20). The van der Waals surface area contributed by atoms with E-state index in [0.717, 1.165) is 27.8 Å². The number of rotatable bonds is 2. The molecule has 0 radical (unpaired) electrons. The predicted octanol–water partition coefficient (Wildman–Crippen LogP) is 4.01. The molecule has 0 aliphatic carbocycles. The molecule has 2 aromatic carbocycles. The van der Waals surface area contributed by atoms with Crippen LogP contribution in [0.2, 0.25) is 0 Å². The first-order chi connectivity index (χ1) is 9.63. The van der Waals surface area contributed by atoms with Gasteiger partial charge >= 0.3 is 0 Å². The lowest BCUT2D eigenvalue weighted by Crippen LogP contribution is -1.96. The fourth-order valence-corrected chi connectivity index (χ4v) is 2.15. The molecule has 20 heavy (non-hydrogen) atoms. The average molecular weight is 267 g/mol.